The standard InChI is InChI=1S/C19H18O6PS4/c1-27-26(14-5-2-8-17(11-14)28(20)21,15-6-3-9-18(12-15)29(22)23)16-7-4-10-19(13-16)30(24)25/h2-7,11-13H,8-10H2,1H3/q+1. The molecule has 0 saturated heterocycles. The Labute approximate surface area is 184 Å². The van der Waals surface area contributed by atoms with Crippen LogP contribution in [0.1, 0.15) is 19.3 Å². The highest BCUT2D eigenvalue weighted by Crippen LogP contribution is 2.86. The molecule has 0 N–H and O–H groups in total. The van der Waals surface area contributed by atoms with Crippen LogP contribution in [0.5, 0.6) is 0 Å². The lowest BCUT2D eigenvalue weighted by atomic mass is 10.2. The fraction of sp³-hybridized carbons (Fsp3) is 0.211. The molecule has 0 aromatic heterocycles. The molecule has 3 aliphatic rings. The first kappa shape index (κ1) is 23.0. The van der Waals surface area contributed by atoms with Crippen LogP contribution in [0.15, 0.2) is 70.6 Å². The van der Waals surface area contributed by atoms with Gasteiger partial charge < -0.3 is 0 Å². The topological polar surface area (TPSA) is 102 Å². The van der Waals surface area contributed by atoms with Crippen molar-refractivity contribution in [1.82, 2.24) is 0 Å². The normalized spacial score (nSPS) is 18.7. The van der Waals surface area contributed by atoms with E-state index in [4.69, 9.17) is 0 Å². The first-order chi connectivity index (χ1) is 14.3. The molecule has 0 heterocycles. The van der Waals surface area contributed by atoms with Crippen LogP contribution in [0.2, 0.25) is 0 Å². The highest BCUT2D eigenvalue weighted by atomic mass is 32.7. The van der Waals surface area contributed by atoms with Crippen LogP contribution in [0.4, 0.5) is 0 Å². The van der Waals surface area contributed by atoms with Gasteiger partial charge in [0.2, 0.25) is 30.9 Å². The summed E-state index contributed by atoms with van der Waals surface area (Å²) in [5.74, 6) is 0. The van der Waals surface area contributed by atoms with E-state index in [2.05, 4.69) is 0 Å². The predicted molar refractivity (Wildman–Crippen MR) is 128 cm³/mol. The summed E-state index contributed by atoms with van der Waals surface area (Å²) in [5.41, 5.74) is 0. The van der Waals surface area contributed by atoms with E-state index in [9.17, 15) is 25.3 Å². The molecule has 0 unspecified atom stereocenters. The lowest BCUT2D eigenvalue weighted by Gasteiger charge is -2.29. The number of hydrogen-bond acceptors (Lipinski definition) is 7. The lowest BCUT2D eigenvalue weighted by molar-refractivity contribution is 0.625. The van der Waals surface area contributed by atoms with Crippen molar-refractivity contribution in [3.05, 3.63) is 70.6 Å². The van der Waals surface area contributed by atoms with E-state index < -0.39 is 37.3 Å². The molecule has 3 rings (SSSR count). The summed E-state index contributed by atoms with van der Waals surface area (Å²) in [6, 6.07) is 0. The van der Waals surface area contributed by atoms with Crippen LogP contribution in [0.25, 0.3) is 0 Å². The minimum atomic E-state index is -2.58. The molecule has 0 aromatic rings. The molecular formula is C19H18O6PS4+. The Morgan fingerprint density at radius 3 is 1.17 bits per heavy atom. The van der Waals surface area contributed by atoms with E-state index in [1.54, 1.807) is 36.5 Å². The van der Waals surface area contributed by atoms with E-state index in [0.717, 1.165) is 15.9 Å². The summed E-state index contributed by atoms with van der Waals surface area (Å²) < 4.78 is 69.7. The van der Waals surface area contributed by atoms with Gasteiger partial charge >= 0.3 is 0 Å². The van der Waals surface area contributed by atoms with Gasteiger partial charge in [-0.05, 0) is 18.2 Å². The molecule has 3 aliphatic carbocycles. The third kappa shape index (κ3) is 4.48. The summed E-state index contributed by atoms with van der Waals surface area (Å²) in [7, 11) is -7.15. The zero-order valence-corrected chi connectivity index (χ0v) is 20.0. The Morgan fingerprint density at radius 1 is 0.633 bits per heavy atom. The third-order valence-electron chi connectivity index (χ3n) is 4.76. The van der Waals surface area contributed by atoms with Crippen molar-refractivity contribution in [2.75, 3.05) is 6.26 Å². The van der Waals surface area contributed by atoms with Crippen molar-refractivity contribution >= 4 is 63.3 Å². The summed E-state index contributed by atoms with van der Waals surface area (Å²) in [5, 5.41) is 2.22. The highest BCUT2D eigenvalue weighted by molar-refractivity contribution is 8.66. The average molecular weight is 502 g/mol. The number of allylic oxidation sites excluding steroid dienone is 12. The molecule has 0 bridgehead atoms. The number of hydrogen-bond donors (Lipinski definition) is 0. The fourth-order valence-corrected chi connectivity index (χ4v) is 11.4. The monoisotopic (exact) mass is 501 g/mol. The average Bonchev–Trinajstić information content (AvgIpc) is 2.75. The van der Waals surface area contributed by atoms with Gasteiger partial charge in [0, 0.05) is 55.1 Å². The van der Waals surface area contributed by atoms with E-state index >= 15 is 0 Å². The molecule has 30 heavy (non-hydrogen) atoms. The van der Waals surface area contributed by atoms with Crippen molar-refractivity contribution in [1.29, 1.82) is 0 Å². The van der Waals surface area contributed by atoms with Gasteiger partial charge in [0.1, 0.15) is 15.9 Å². The summed E-state index contributed by atoms with van der Waals surface area (Å²) in [6.07, 6.45) is 18.4. The molecular weight excluding hydrogens is 483 g/mol. The van der Waals surface area contributed by atoms with Gasteiger partial charge in [-0.3, -0.25) is 0 Å². The second-order valence-electron chi connectivity index (χ2n) is 6.42. The van der Waals surface area contributed by atoms with E-state index in [-0.39, 0.29) is 33.9 Å². The van der Waals surface area contributed by atoms with Gasteiger partial charge in [0.05, 0.1) is 14.6 Å². The van der Waals surface area contributed by atoms with E-state index in [1.165, 1.54) is 11.4 Å². The Bertz CT molecular complexity index is 1200. The fourth-order valence-electron chi connectivity index (χ4n) is 3.40. The Morgan fingerprint density at radius 2 is 0.933 bits per heavy atom. The smallest absolute Gasteiger partial charge is 0.184 e. The van der Waals surface area contributed by atoms with Gasteiger partial charge in [-0.1, -0.05) is 18.2 Å². The SMILES string of the molecule is CS[P+](C1=CC(=S(=O)=O)CC=C1)(C1=CC(=S(=O)=O)CC=C1)C1=CC(=S(=O)=O)CC=C1. The van der Waals surface area contributed by atoms with Gasteiger partial charge in [0.15, 0.2) is 6.46 Å². The molecule has 0 fully saturated rings. The summed E-state index contributed by atoms with van der Waals surface area (Å²) in [6.45, 7) is -2.58. The van der Waals surface area contributed by atoms with Crippen molar-refractivity contribution in [3.63, 3.8) is 0 Å². The Hall–Kier alpha value is -1.71. The second-order valence-corrected chi connectivity index (χ2v) is 15.3. The molecule has 0 radical (unpaired) electrons. The largest absolute Gasteiger partial charge is 0.217 e. The van der Waals surface area contributed by atoms with Crippen molar-refractivity contribution in [3.8, 4) is 0 Å². The lowest BCUT2D eigenvalue weighted by Crippen LogP contribution is -2.10. The zero-order valence-electron chi connectivity index (χ0n) is 15.8. The van der Waals surface area contributed by atoms with Crippen LogP contribution in [-0.4, -0.2) is 46.1 Å². The molecule has 158 valence electrons. The van der Waals surface area contributed by atoms with Crippen molar-refractivity contribution in [2.24, 2.45) is 0 Å². The van der Waals surface area contributed by atoms with Gasteiger partial charge in [-0.15, -0.1) is 0 Å². The molecule has 11 heteroatoms. The van der Waals surface area contributed by atoms with Gasteiger partial charge in [-0.2, -0.15) is 25.3 Å². The molecule has 0 amide bonds. The number of rotatable bonds is 4. The maximum absolute atomic E-state index is 11.6. The molecule has 0 saturated carbocycles. The zero-order chi connectivity index (χ0) is 21.9. The Kier molecular flexibility index (Phi) is 7.36. The minimum absolute atomic E-state index is 0.236. The second kappa shape index (κ2) is 9.62. The van der Waals surface area contributed by atoms with E-state index in [0.29, 0.717) is 0 Å². The van der Waals surface area contributed by atoms with Crippen LogP contribution in [0, 0.1) is 0 Å². The van der Waals surface area contributed by atoms with Crippen molar-refractivity contribution < 1.29 is 25.3 Å². The summed E-state index contributed by atoms with van der Waals surface area (Å²) in [4.78, 5) is 0.708. The van der Waals surface area contributed by atoms with Crippen molar-refractivity contribution in [2.45, 2.75) is 19.3 Å². The van der Waals surface area contributed by atoms with Gasteiger partial charge in [-0.25, -0.2) is 0 Å². The van der Waals surface area contributed by atoms with Crippen LogP contribution < -0.4 is 0 Å². The first-order valence-electron chi connectivity index (χ1n) is 8.76. The highest BCUT2D eigenvalue weighted by Gasteiger charge is 2.50. The molecule has 0 aliphatic heterocycles. The van der Waals surface area contributed by atoms with Crippen LogP contribution in [0.3, 0.4) is 0 Å². The minimum Gasteiger partial charge on any atom is -0.184 e. The molecule has 0 atom stereocenters. The summed E-state index contributed by atoms with van der Waals surface area (Å²) >= 11 is 1.49. The quantitative estimate of drug-likeness (QED) is 0.431. The van der Waals surface area contributed by atoms with Crippen LogP contribution in [-0.2, 0) is 30.9 Å². The third-order valence-corrected chi connectivity index (χ3v) is 14.0. The Balaban J connectivity index is 2.40. The molecule has 0 spiro atoms. The van der Waals surface area contributed by atoms with E-state index in [1.807, 2.05) is 24.5 Å². The maximum atomic E-state index is 11.6. The first-order valence-corrected chi connectivity index (χ1v) is 15.6. The molecule has 6 nitrogen and oxygen atoms in total. The molecule has 0 aromatic carbocycles. The predicted octanol–water partition coefficient (Wildman–Crippen LogP) is 2.97. The maximum Gasteiger partial charge on any atom is 0.217 e. The van der Waals surface area contributed by atoms with Crippen LogP contribution >= 0.6 is 17.8 Å². The van der Waals surface area contributed by atoms with Gasteiger partial charge in [0.25, 0.3) is 0 Å².